The van der Waals surface area contributed by atoms with Gasteiger partial charge < -0.3 is 15.0 Å². The average Bonchev–Trinajstić information content (AvgIpc) is 2.65. The van der Waals surface area contributed by atoms with Crippen molar-refractivity contribution in [3.05, 3.63) is 24.0 Å². The van der Waals surface area contributed by atoms with Crippen LogP contribution in [0.1, 0.15) is 38.7 Å². The monoisotopic (exact) mass is 224 g/mol. The fourth-order valence-corrected chi connectivity index (χ4v) is 1.75. The first-order valence-corrected chi connectivity index (χ1v) is 6.25. The number of rotatable bonds is 8. The zero-order valence-corrected chi connectivity index (χ0v) is 10.4. The maximum atomic E-state index is 9.10. The quantitative estimate of drug-likeness (QED) is 0.664. The second-order valence-electron chi connectivity index (χ2n) is 4.43. The van der Waals surface area contributed by atoms with Gasteiger partial charge in [-0.1, -0.05) is 6.92 Å². The van der Waals surface area contributed by atoms with Crippen molar-refractivity contribution in [1.29, 1.82) is 0 Å². The third-order valence-electron chi connectivity index (χ3n) is 2.60. The van der Waals surface area contributed by atoms with Crippen LogP contribution >= 0.6 is 0 Å². The first-order valence-electron chi connectivity index (χ1n) is 6.25. The fraction of sp³-hybridized carbons (Fsp3) is 0.692. The van der Waals surface area contributed by atoms with Crippen molar-refractivity contribution in [2.24, 2.45) is 0 Å². The summed E-state index contributed by atoms with van der Waals surface area (Å²) in [6.07, 6.45) is 7.25. The molecule has 3 heteroatoms. The van der Waals surface area contributed by atoms with Crippen LogP contribution < -0.4 is 5.32 Å². The zero-order chi connectivity index (χ0) is 11.8. The number of hydrogen-bond donors (Lipinski definition) is 2. The SMILES string of the molecule is CCCn1ccc(CNCCCC(C)O)c1. The van der Waals surface area contributed by atoms with E-state index in [-0.39, 0.29) is 6.10 Å². The maximum absolute atomic E-state index is 9.10. The summed E-state index contributed by atoms with van der Waals surface area (Å²) in [5.74, 6) is 0. The highest BCUT2D eigenvalue weighted by atomic mass is 16.3. The molecule has 0 fully saturated rings. The fourth-order valence-electron chi connectivity index (χ4n) is 1.75. The maximum Gasteiger partial charge on any atom is 0.0512 e. The Morgan fingerprint density at radius 3 is 3.00 bits per heavy atom. The van der Waals surface area contributed by atoms with E-state index in [0.717, 1.165) is 32.5 Å². The number of aromatic nitrogens is 1. The lowest BCUT2D eigenvalue weighted by molar-refractivity contribution is 0.181. The Balaban J connectivity index is 2.12. The Morgan fingerprint density at radius 1 is 1.50 bits per heavy atom. The molecule has 0 saturated carbocycles. The van der Waals surface area contributed by atoms with Gasteiger partial charge in [-0.15, -0.1) is 0 Å². The highest BCUT2D eigenvalue weighted by molar-refractivity contribution is 5.09. The minimum Gasteiger partial charge on any atom is -0.393 e. The molecule has 0 aliphatic rings. The molecule has 0 aromatic carbocycles. The van der Waals surface area contributed by atoms with Gasteiger partial charge in [-0.2, -0.15) is 0 Å². The third-order valence-corrected chi connectivity index (χ3v) is 2.60. The van der Waals surface area contributed by atoms with Gasteiger partial charge in [0.25, 0.3) is 0 Å². The van der Waals surface area contributed by atoms with E-state index in [1.807, 2.05) is 6.92 Å². The molecule has 92 valence electrons. The lowest BCUT2D eigenvalue weighted by atomic mass is 10.2. The molecule has 0 saturated heterocycles. The molecule has 0 radical (unpaired) electrons. The molecule has 0 aliphatic carbocycles. The Morgan fingerprint density at radius 2 is 2.31 bits per heavy atom. The van der Waals surface area contributed by atoms with Crippen molar-refractivity contribution < 1.29 is 5.11 Å². The summed E-state index contributed by atoms with van der Waals surface area (Å²) < 4.78 is 2.23. The van der Waals surface area contributed by atoms with Gasteiger partial charge >= 0.3 is 0 Å². The molecule has 16 heavy (non-hydrogen) atoms. The van der Waals surface area contributed by atoms with E-state index < -0.39 is 0 Å². The van der Waals surface area contributed by atoms with Crippen LogP contribution in [-0.4, -0.2) is 22.3 Å². The van der Waals surface area contributed by atoms with E-state index in [1.54, 1.807) is 0 Å². The molecule has 0 aliphatic heterocycles. The van der Waals surface area contributed by atoms with E-state index in [2.05, 4.69) is 35.3 Å². The Bertz CT molecular complexity index is 281. The Hall–Kier alpha value is -0.800. The first-order chi connectivity index (χ1) is 7.72. The summed E-state index contributed by atoms with van der Waals surface area (Å²) in [6.45, 7) is 7.03. The molecule has 0 spiro atoms. The van der Waals surface area contributed by atoms with E-state index in [1.165, 1.54) is 12.0 Å². The molecule has 1 rings (SSSR count). The Kier molecular flexibility index (Phi) is 6.19. The first kappa shape index (κ1) is 13.3. The minimum absolute atomic E-state index is 0.174. The normalized spacial score (nSPS) is 12.9. The molecule has 1 aromatic heterocycles. The molecule has 0 amide bonds. The van der Waals surface area contributed by atoms with E-state index in [9.17, 15) is 0 Å². The third kappa shape index (κ3) is 5.33. The molecule has 1 atom stereocenters. The van der Waals surface area contributed by atoms with Crippen molar-refractivity contribution in [2.45, 2.75) is 52.3 Å². The van der Waals surface area contributed by atoms with Gasteiger partial charge in [0.2, 0.25) is 0 Å². The van der Waals surface area contributed by atoms with Crippen molar-refractivity contribution in [3.8, 4) is 0 Å². The second kappa shape index (κ2) is 7.47. The van der Waals surface area contributed by atoms with Gasteiger partial charge in [-0.25, -0.2) is 0 Å². The molecule has 3 nitrogen and oxygen atoms in total. The van der Waals surface area contributed by atoms with Crippen LogP contribution in [0.15, 0.2) is 18.5 Å². The molecular weight excluding hydrogens is 200 g/mol. The molecule has 1 aromatic rings. The van der Waals surface area contributed by atoms with Crippen LogP contribution in [0.5, 0.6) is 0 Å². The standard InChI is InChI=1S/C13H24N2O/c1-3-8-15-9-6-13(11-15)10-14-7-4-5-12(2)16/h6,9,11-12,14,16H,3-5,7-8,10H2,1-2H3. The smallest absolute Gasteiger partial charge is 0.0512 e. The predicted molar refractivity (Wildman–Crippen MR) is 67.3 cm³/mol. The summed E-state index contributed by atoms with van der Waals surface area (Å²) in [4.78, 5) is 0. The number of aliphatic hydroxyl groups is 1. The second-order valence-corrected chi connectivity index (χ2v) is 4.43. The number of nitrogens with one attached hydrogen (secondary N) is 1. The van der Waals surface area contributed by atoms with Crippen LogP contribution in [0.25, 0.3) is 0 Å². The topological polar surface area (TPSA) is 37.2 Å². The van der Waals surface area contributed by atoms with E-state index >= 15 is 0 Å². The van der Waals surface area contributed by atoms with Gasteiger partial charge in [0.1, 0.15) is 0 Å². The Labute approximate surface area is 98.5 Å². The lowest BCUT2D eigenvalue weighted by Gasteiger charge is -2.05. The number of aliphatic hydroxyl groups excluding tert-OH is 1. The van der Waals surface area contributed by atoms with Gasteiger partial charge in [0.15, 0.2) is 0 Å². The lowest BCUT2D eigenvalue weighted by Crippen LogP contribution is -2.15. The van der Waals surface area contributed by atoms with Gasteiger partial charge in [-0.3, -0.25) is 0 Å². The van der Waals surface area contributed by atoms with Crippen molar-refractivity contribution in [2.75, 3.05) is 6.54 Å². The average molecular weight is 224 g/mol. The van der Waals surface area contributed by atoms with Crippen LogP contribution in [0.4, 0.5) is 0 Å². The number of aryl methyl sites for hydroxylation is 1. The van der Waals surface area contributed by atoms with Gasteiger partial charge in [0, 0.05) is 25.5 Å². The molecular formula is C13H24N2O. The van der Waals surface area contributed by atoms with Crippen LogP contribution in [-0.2, 0) is 13.1 Å². The minimum atomic E-state index is -0.174. The summed E-state index contributed by atoms with van der Waals surface area (Å²) in [5.41, 5.74) is 1.34. The van der Waals surface area contributed by atoms with Crippen LogP contribution in [0.3, 0.4) is 0 Å². The number of nitrogens with zero attached hydrogens (tertiary/aromatic N) is 1. The highest BCUT2D eigenvalue weighted by Crippen LogP contribution is 2.02. The predicted octanol–water partition coefficient (Wildman–Crippen LogP) is 2.15. The molecule has 1 unspecified atom stereocenters. The van der Waals surface area contributed by atoms with E-state index in [0.29, 0.717) is 0 Å². The summed E-state index contributed by atoms with van der Waals surface area (Å²) >= 11 is 0. The van der Waals surface area contributed by atoms with Crippen molar-refractivity contribution >= 4 is 0 Å². The highest BCUT2D eigenvalue weighted by Gasteiger charge is 1.97. The van der Waals surface area contributed by atoms with Crippen molar-refractivity contribution in [1.82, 2.24) is 9.88 Å². The molecule has 1 heterocycles. The summed E-state index contributed by atoms with van der Waals surface area (Å²) in [6, 6.07) is 2.16. The number of hydrogen-bond acceptors (Lipinski definition) is 2. The van der Waals surface area contributed by atoms with Gasteiger partial charge in [0.05, 0.1) is 6.10 Å². The van der Waals surface area contributed by atoms with Gasteiger partial charge in [-0.05, 0) is 44.4 Å². The molecule has 0 bridgehead atoms. The van der Waals surface area contributed by atoms with E-state index in [4.69, 9.17) is 5.11 Å². The summed E-state index contributed by atoms with van der Waals surface area (Å²) in [7, 11) is 0. The van der Waals surface area contributed by atoms with Crippen molar-refractivity contribution in [3.63, 3.8) is 0 Å². The van der Waals surface area contributed by atoms with Crippen LogP contribution in [0, 0.1) is 0 Å². The zero-order valence-electron chi connectivity index (χ0n) is 10.4. The largest absolute Gasteiger partial charge is 0.393 e. The van der Waals surface area contributed by atoms with Crippen LogP contribution in [0.2, 0.25) is 0 Å². The molecule has 2 N–H and O–H groups in total. The summed E-state index contributed by atoms with van der Waals surface area (Å²) in [5, 5.41) is 12.5.